The van der Waals surface area contributed by atoms with Crippen LogP contribution in [0.15, 0.2) is 79.1 Å². The molecule has 5 aliphatic rings. The van der Waals surface area contributed by atoms with Gasteiger partial charge in [0.25, 0.3) is 5.91 Å². The van der Waals surface area contributed by atoms with E-state index < -0.39 is 43.4 Å². The van der Waals surface area contributed by atoms with Crippen LogP contribution in [0.1, 0.15) is 104 Å². The molecule has 4 saturated heterocycles. The van der Waals surface area contributed by atoms with E-state index in [1.165, 1.54) is 30.4 Å². The van der Waals surface area contributed by atoms with Crippen molar-refractivity contribution in [3.05, 3.63) is 95.1 Å². The molecule has 2 aromatic heterocycles. The van der Waals surface area contributed by atoms with E-state index in [1.54, 1.807) is 48.7 Å². The molecule has 5 fully saturated rings. The summed E-state index contributed by atoms with van der Waals surface area (Å²) in [6.45, 7) is 6.90. The van der Waals surface area contributed by atoms with Gasteiger partial charge in [0.2, 0.25) is 17.7 Å². The number of pyridine rings is 1. The quantitative estimate of drug-likeness (QED) is 0.0962. The average molecular weight is 929 g/mol. The minimum Gasteiger partial charge on any atom is -0.465 e. The molecular formula is C48H58FN6O8PS. The lowest BCUT2D eigenvalue weighted by Gasteiger charge is -2.42. The van der Waals surface area contributed by atoms with Crippen molar-refractivity contribution in [1.29, 1.82) is 0 Å². The Morgan fingerprint density at radius 1 is 1.02 bits per heavy atom. The van der Waals surface area contributed by atoms with E-state index in [2.05, 4.69) is 31.3 Å². The van der Waals surface area contributed by atoms with E-state index in [9.17, 15) is 23.7 Å². The molecule has 2 N–H and O–H groups in total. The fourth-order valence-electron chi connectivity index (χ4n) is 10.4. The van der Waals surface area contributed by atoms with Crippen LogP contribution in [0.4, 0.5) is 4.39 Å². The molecule has 65 heavy (non-hydrogen) atoms. The standard InChI is InChI=1S/C48H58FN6O8PS/c1-3-22-62-47(59)31(2)52-64(60,63-38-9-5-4-6-10-38)43(49)32-11-16-41-34(25-32)26-42(65-41)44(56)51-39-14-12-36(53-20-23-61-24-21-53)27-37-13-15-40(55(37)45(39)57)46(58)54-30-35(28-48(54)17-18-48)33-8-7-19-50-29-33/h4-11,16,19,25-26,29,31,35-37,39-40,43H,3,12-15,17-18,20-24,27-28,30H2,1-2H3,(H,51,56)(H,52,60)/t31-,35+,36-,37+,39-,40-,43+,64+/m0/s1. The number of hydrogen-bond donors (Lipinski definition) is 2. The number of aromatic nitrogens is 1. The number of likely N-dealkylation sites (tertiary alicyclic amines) is 1. The number of halogens is 1. The van der Waals surface area contributed by atoms with Gasteiger partial charge >= 0.3 is 13.5 Å². The number of para-hydroxylation sites is 1. The van der Waals surface area contributed by atoms with E-state index in [4.69, 9.17) is 14.0 Å². The molecule has 4 aromatic rings. The van der Waals surface area contributed by atoms with Gasteiger partial charge in [-0.05, 0) is 118 Å². The first kappa shape index (κ1) is 45.4. The SMILES string of the molecule is CCCOC(=O)[C@H](C)N[P@](=O)(Oc1ccccc1)[C@@H](F)c1ccc2sc(C(=O)N[C@H]3CC[C@H](N4CCOCC4)C[C@H]4CC[C@@H](C(=O)N5C[C@H](c6cccnc6)CC56CC6)N4C3=O)cc2c1. The molecule has 1 aliphatic carbocycles. The van der Waals surface area contributed by atoms with Gasteiger partial charge in [0.05, 0.1) is 24.7 Å². The number of alkyl halides is 1. The Hall–Kier alpha value is -4.73. The number of hydrogen-bond acceptors (Lipinski definition) is 11. The molecule has 2 aromatic carbocycles. The molecule has 0 unspecified atom stereocenters. The van der Waals surface area contributed by atoms with Gasteiger partial charge in [0.15, 0.2) is 0 Å². The van der Waals surface area contributed by atoms with Crippen molar-refractivity contribution in [3.8, 4) is 5.75 Å². The second-order valence-electron chi connectivity index (χ2n) is 18.3. The Morgan fingerprint density at radius 2 is 1.80 bits per heavy atom. The Morgan fingerprint density at radius 3 is 2.54 bits per heavy atom. The first-order valence-electron chi connectivity index (χ1n) is 23.1. The van der Waals surface area contributed by atoms with Crippen molar-refractivity contribution in [3.63, 3.8) is 0 Å². The maximum absolute atomic E-state index is 16.7. The highest BCUT2D eigenvalue weighted by molar-refractivity contribution is 7.57. The smallest absolute Gasteiger partial charge is 0.355 e. The van der Waals surface area contributed by atoms with Crippen LogP contribution in [0.2, 0.25) is 0 Å². The number of rotatable bonds is 14. The number of ether oxygens (including phenoxy) is 2. The normalized spacial score (nSPS) is 26.1. The number of esters is 1. The molecule has 8 atom stereocenters. The summed E-state index contributed by atoms with van der Waals surface area (Å²) in [5.41, 5.74) is 0.974. The molecule has 14 nitrogen and oxygen atoms in total. The Kier molecular flexibility index (Phi) is 13.4. The van der Waals surface area contributed by atoms with E-state index in [1.807, 2.05) is 24.1 Å². The average Bonchev–Trinajstić information content (AvgIpc) is 3.60. The zero-order chi connectivity index (χ0) is 45.3. The zero-order valence-corrected chi connectivity index (χ0v) is 38.7. The van der Waals surface area contributed by atoms with Crippen LogP contribution in [-0.4, -0.2) is 119 Å². The number of thiophene rings is 1. The third kappa shape index (κ3) is 9.60. The zero-order valence-electron chi connectivity index (χ0n) is 36.9. The molecule has 346 valence electrons. The summed E-state index contributed by atoms with van der Waals surface area (Å²) in [5, 5.41) is 6.23. The number of carbonyl (C=O) groups is 4. The van der Waals surface area contributed by atoms with E-state index in [0.29, 0.717) is 66.8 Å². The third-order valence-corrected chi connectivity index (χ3v) is 17.1. The molecule has 1 saturated carbocycles. The number of nitrogens with one attached hydrogen (secondary N) is 2. The fraction of sp³-hybridized carbons (Fsp3) is 0.521. The van der Waals surface area contributed by atoms with Crippen LogP contribution < -0.4 is 14.9 Å². The highest BCUT2D eigenvalue weighted by atomic mass is 32.1. The van der Waals surface area contributed by atoms with Gasteiger partial charge in [-0.15, -0.1) is 11.3 Å². The van der Waals surface area contributed by atoms with E-state index in [-0.39, 0.29) is 53.3 Å². The van der Waals surface area contributed by atoms with Gasteiger partial charge in [0.1, 0.15) is 23.9 Å². The van der Waals surface area contributed by atoms with Crippen LogP contribution in [0, 0.1) is 0 Å². The Balaban J connectivity index is 0.949. The lowest BCUT2D eigenvalue weighted by Crippen LogP contribution is -2.59. The predicted octanol–water partition coefficient (Wildman–Crippen LogP) is 7.36. The number of amides is 3. The molecule has 1 spiro atoms. The van der Waals surface area contributed by atoms with Crippen molar-refractivity contribution >= 4 is 52.6 Å². The molecular weight excluding hydrogens is 871 g/mol. The van der Waals surface area contributed by atoms with Crippen LogP contribution in [0.25, 0.3) is 10.1 Å². The van der Waals surface area contributed by atoms with Crippen LogP contribution in [0.3, 0.4) is 0 Å². The Bertz CT molecular complexity index is 2420. The first-order chi connectivity index (χ1) is 31.4. The third-order valence-electron chi connectivity index (χ3n) is 13.9. The van der Waals surface area contributed by atoms with Gasteiger partial charge in [-0.3, -0.25) is 33.6 Å². The number of benzene rings is 2. The second-order valence-corrected chi connectivity index (χ2v) is 21.4. The summed E-state index contributed by atoms with van der Waals surface area (Å²) in [5.74, 6) is -3.21. The van der Waals surface area contributed by atoms with Gasteiger partial charge in [0, 0.05) is 60.3 Å². The summed E-state index contributed by atoms with van der Waals surface area (Å²) in [4.78, 5) is 67.6. The van der Waals surface area contributed by atoms with Crippen molar-refractivity contribution in [2.45, 2.75) is 119 Å². The molecule has 17 heteroatoms. The van der Waals surface area contributed by atoms with Crippen LogP contribution in [0.5, 0.6) is 5.75 Å². The number of nitrogens with zero attached hydrogens (tertiary/aromatic N) is 4. The second kappa shape index (κ2) is 19.2. The van der Waals surface area contributed by atoms with Gasteiger partial charge in [-0.25, -0.2) is 9.48 Å². The van der Waals surface area contributed by atoms with Crippen LogP contribution in [-0.2, 0) is 28.4 Å². The molecule has 6 heterocycles. The van der Waals surface area contributed by atoms with Gasteiger partial charge in [-0.1, -0.05) is 37.3 Å². The van der Waals surface area contributed by atoms with E-state index >= 15 is 4.39 Å². The summed E-state index contributed by atoms with van der Waals surface area (Å²) >= 11 is 1.20. The largest absolute Gasteiger partial charge is 0.465 e. The number of carbonyl (C=O) groups excluding carboxylic acids is 4. The van der Waals surface area contributed by atoms with E-state index in [0.717, 1.165) is 44.3 Å². The van der Waals surface area contributed by atoms with Crippen molar-refractivity contribution < 1.29 is 42.1 Å². The Labute approximate surface area is 383 Å². The number of fused-ring (bicyclic) bond motifs is 2. The predicted molar refractivity (Wildman–Crippen MR) is 244 cm³/mol. The molecule has 9 rings (SSSR count). The summed E-state index contributed by atoms with van der Waals surface area (Å²) in [6.07, 6.45) is 10.2. The van der Waals surface area contributed by atoms with Crippen molar-refractivity contribution in [2.24, 2.45) is 0 Å². The maximum atomic E-state index is 16.7. The summed E-state index contributed by atoms with van der Waals surface area (Å²) in [6, 6.07) is 15.9. The first-order valence-corrected chi connectivity index (χ1v) is 25.6. The maximum Gasteiger partial charge on any atom is 0.355 e. The topological polar surface area (TPSA) is 160 Å². The van der Waals surface area contributed by atoms with Crippen molar-refractivity contribution in [1.82, 2.24) is 30.1 Å². The van der Waals surface area contributed by atoms with Gasteiger partial charge in [-0.2, -0.15) is 0 Å². The van der Waals surface area contributed by atoms with Gasteiger partial charge < -0.3 is 29.1 Å². The minimum absolute atomic E-state index is 0.00425. The fourth-order valence-corrected chi connectivity index (χ4v) is 13.2. The molecule has 0 bridgehead atoms. The lowest BCUT2D eigenvalue weighted by molar-refractivity contribution is -0.148. The summed E-state index contributed by atoms with van der Waals surface area (Å²) < 4.78 is 48.5. The van der Waals surface area contributed by atoms with Crippen LogP contribution >= 0.6 is 18.9 Å². The minimum atomic E-state index is -4.47. The summed E-state index contributed by atoms with van der Waals surface area (Å²) in [7, 11) is -4.47. The lowest BCUT2D eigenvalue weighted by atomic mass is 9.93. The highest BCUT2D eigenvalue weighted by Crippen LogP contribution is 2.58. The highest BCUT2D eigenvalue weighted by Gasteiger charge is 2.59. The number of morpholine rings is 1. The molecule has 3 amide bonds. The molecule has 0 radical (unpaired) electrons. The monoisotopic (exact) mass is 928 g/mol. The molecule has 4 aliphatic heterocycles. The van der Waals surface area contributed by atoms with Crippen molar-refractivity contribution in [2.75, 3.05) is 39.5 Å².